The third kappa shape index (κ3) is 2.87. The molecule has 0 aliphatic rings. The molecule has 4 aromatic rings. The Balaban J connectivity index is 1.61. The molecule has 7 nitrogen and oxygen atoms in total. The van der Waals surface area contributed by atoms with Crippen LogP contribution in [0.1, 0.15) is 0 Å². The Morgan fingerprint density at radius 3 is 2.58 bits per heavy atom. The number of rotatable bonds is 4. The summed E-state index contributed by atoms with van der Waals surface area (Å²) in [5, 5.41) is 11.9. The zero-order valence-electron chi connectivity index (χ0n) is 13.0. The van der Waals surface area contributed by atoms with Crippen molar-refractivity contribution in [2.75, 3.05) is 5.32 Å². The third-order valence-electron chi connectivity index (χ3n) is 3.49. The summed E-state index contributed by atoms with van der Waals surface area (Å²) in [4.78, 5) is 8.71. The van der Waals surface area contributed by atoms with Gasteiger partial charge in [0.25, 0.3) is 0 Å². The van der Waals surface area contributed by atoms with Crippen LogP contribution in [0.2, 0.25) is 0 Å². The predicted molar refractivity (Wildman–Crippen MR) is 91.1 cm³/mol. The van der Waals surface area contributed by atoms with E-state index < -0.39 is 0 Å². The Kier molecular flexibility index (Phi) is 3.51. The number of aryl methyl sites for hydroxylation is 1. The monoisotopic (exact) mass is 317 g/mol. The zero-order chi connectivity index (χ0) is 16.4. The summed E-state index contributed by atoms with van der Waals surface area (Å²) in [6.07, 6.45) is 5.43. The molecule has 7 heteroatoms. The van der Waals surface area contributed by atoms with Crippen LogP contribution in [0.5, 0.6) is 0 Å². The molecule has 0 aliphatic carbocycles. The van der Waals surface area contributed by atoms with E-state index in [9.17, 15) is 0 Å². The van der Waals surface area contributed by atoms with Gasteiger partial charge >= 0.3 is 0 Å². The summed E-state index contributed by atoms with van der Waals surface area (Å²) in [6.45, 7) is 0. The summed E-state index contributed by atoms with van der Waals surface area (Å²) in [6, 6.07) is 15.7. The lowest BCUT2D eigenvalue weighted by atomic mass is 10.2. The Morgan fingerprint density at radius 2 is 1.79 bits per heavy atom. The predicted octanol–water partition coefficient (Wildman–Crippen LogP) is 2.81. The van der Waals surface area contributed by atoms with Crippen LogP contribution in [0.4, 0.5) is 11.8 Å². The summed E-state index contributed by atoms with van der Waals surface area (Å²) in [5.74, 6) is 1.86. The van der Waals surface area contributed by atoms with Gasteiger partial charge in [0, 0.05) is 43.3 Å². The molecule has 118 valence electrons. The maximum absolute atomic E-state index is 4.58. The van der Waals surface area contributed by atoms with Gasteiger partial charge in [0.2, 0.25) is 5.95 Å². The first-order valence-corrected chi connectivity index (χ1v) is 7.49. The molecule has 3 heterocycles. The maximum atomic E-state index is 4.58. The molecule has 3 aromatic heterocycles. The van der Waals surface area contributed by atoms with Crippen molar-refractivity contribution >= 4 is 11.8 Å². The molecule has 0 spiro atoms. The Morgan fingerprint density at radius 1 is 0.917 bits per heavy atom. The fraction of sp³-hybridized carbons (Fsp3) is 0.0588. The minimum atomic E-state index is 0.475. The van der Waals surface area contributed by atoms with E-state index in [4.69, 9.17) is 0 Å². The summed E-state index contributed by atoms with van der Waals surface area (Å²) < 4.78 is 3.44. The van der Waals surface area contributed by atoms with Gasteiger partial charge in [-0.25, -0.2) is 9.67 Å². The van der Waals surface area contributed by atoms with Crippen LogP contribution in [0.25, 0.3) is 17.1 Å². The van der Waals surface area contributed by atoms with Crippen LogP contribution in [-0.4, -0.2) is 29.5 Å². The lowest BCUT2D eigenvalue weighted by Gasteiger charge is -2.04. The van der Waals surface area contributed by atoms with Gasteiger partial charge in [0.1, 0.15) is 0 Å². The average Bonchev–Trinajstić information content (AvgIpc) is 3.25. The van der Waals surface area contributed by atoms with E-state index in [1.54, 1.807) is 15.6 Å². The normalized spacial score (nSPS) is 10.7. The van der Waals surface area contributed by atoms with Crippen LogP contribution in [-0.2, 0) is 7.05 Å². The molecule has 0 atom stereocenters. The lowest BCUT2D eigenvalue weighted by Crippen LogP contribution is -2.03. The van der Waals surface area contributed by atoms with Crippen LogP contribution < -0.4 is 5.32 Å². The molecular weight excluding hydrogens is 302 g/mol. The number of nitrogens with zero attached hydrogens (tertiary/aromatic N) is 6. The summed E-state index contributed by atoms with van der Waals surface area (Å²) in [5.41, 5.74) is 1.96. The molecule has 1 N–H and O–H groups in total. The molecule has 1 aromatic carbocycles. The smallest absolute Gasteiger partial charge is 0.230 e. The number of anilines is 2. The largest absolute Gasteiger partial charge is 0.307 e. The SMILES string of the molecule is Cn1ccc(Nc2nccc(-n3ccc(-c4ccccc4)n3)n2)n1. The second kappa shape index (κ2) is 5.96. The van der Waals surface area contributed by atoms with E-state index in [2.05, 4.69) is 25.5 Å². The van der Waals surface area contributed by atoms with Gasteiger partial charge in [-0.2, -0.15) is 15.2 Å². The first kappa shape index (κ1) is 14.1. The highest BCUT2D eigenvalue weighted by Crippen LogP contribution is 2.18. The molecular formula is C17H15N7. The minimum Gasteiger partial charge on any atom is -0.307 e. The fourth-order valence-electron chi connectivity index (χ4n) is 2.35. The van der Waals surface area contributed by atoms with Crippen molar-refractivity contribution in [3.05, 3.63) is 67.1 Å². The van der Waals surface area contributed by atoms with Crippen molar-refractivity contribution in [3.8, 4) is 17.1 Å². The minimum absolute atomic E-state index is 0.475. The maximum Gasteiger partial charge on any atom is 0.230 e. The van der Waals surface area contributed by atoms with Gasteiger partial charge in [-0.1, -0.05) is 30.3 Å². The number of hydrogen-bond acceptors (Lipinski definition) is 5. The molecule has 24 heavy (non-hydrogen) atoms. The van der Waals surface area contributed by atoms with E-state index in [0.717, 1.165) is 11.3 Å². The molecule has 0 fully saturated rings. The molecule has 0 radical (unpaired) electrons. The summed E-state index contributed by atoms with van der Waals surface area (Å²) in [7, 11) is 1.86. The van der Waals surface area contributed by atoms with Gasteiger partial charge in [-0.05, 0) is 6.07 Å². The second-order valence-corrected chi connectivity index (χ2v) is 5.25. The highest BCUT2D eigenvalue weighted by molar-refractivity contribution is 5.58. The summed E-state index contributed by atoms with van der Waals surface area (Å²) >= 11 is 0. The molecule has 0 aliphatic heterocycles. The number of nitrogens with one attached hydrogen (secondary N) is 1. The van der Waals surface area contributed by atoms with Crippen molar-refractivity contribution in [3.63, 3.8) is 0 Å². The van der Waals surface area contributed by atoms with Gasteiger partial charge in [-0.3, -0.25) is 4.68 Å². The van der Waals surface area contributed by atoms with Gasteiger partial charge in [0.05, 0.1) is 5.69 Å². The van der Waals surface area contributed by atoms with Crippen LogP contribution in [0.15, 0.2) is 67.1 Å². The average molecular weight is 317 g/mol. The number of aromatic nitrogens is 6. The lowest BCUT2D eigenvalue weighted by molar-refractivity contribution is 0.770. The molecule has 0 saturated carbocycles. The Labute approximate surface area is 138 Å². The first-order chi connectivity index (χ1) is 11.8. The first-order valence-electron chi connectivity index (χ1n) is 7.49. The van der Waals surface area contributed by atoms with E-state index in [-0.39, 0.29) is 0 Å². The highest BCUT2D eigenvalue weighted by Gasteiger charge is 2.07. The molecule has 4 rings (SSSR count). The van der Waals surface area contributed by atoms with Crippen LogP contribution >= 0.6 is 0 Å². The van der Waals surface area contributed by atoms with E-state index in [1.165, 1.54) is 0 Å². The highest BCUT2D eigenvalue weighted by atomic mass is 15.3. The topological polar surface area (TPSA) is 73.5 Å². The van der Waals surface area contributed by atoms with Crippen molar-refractivity contribution < 1.29 is 0 Å². The quantitative estimate of drug-likeness (QED) is 0.626. The number of hydrogen-bond donors (Lipinski definition) is 1. The van der Waals surface area contributed by atoms with Crippen molar-refractivity contribution in [1.29, 1.82) is 0 Å². The van der Waals surface area contributed by atoms with E-state index >= 15 is 0 Å². The fourth-order valence-corrected chi connectivity index (χ4v) is 2.35. The third-order valence-corrected chi connectivity index (χ3v) is 3.49. The van der Waals surface area contributed by atoms with Gasteiger partial charge in [0.15, 0.2) is 11.6 Å². The van der Waals surface area contributed by atoms with E-state index in [0.29, 0.717) is 17.6 Å². The molecule has 0 unspecified atom stereocenters. The molecule has 0 saturated heterocycles. The van der Waals surface area contributed by atoms with E-state index in [1.807, 2.05) is 68.0 Å². The van der Waals surface area contributed by atoms with Crippen LogP contribution in [0.3, 0.4) is 0 Å². The van der Waals surface area contributed by atoms with Gasteiger partial charge < -0.3 is 5.32 Å². The standard InChI is InChI=1S/C17H15N7/c1-23-11-9-15(22-23)19-17-18-10-7-16(20-17)24-12-8-14(21-24)13-5-3-2-4-6-13/h2-12H,1H3,(H,18,19,20,22). The Hall–Kier alpha value is -3.48. The van der Waals surface area contributed by atoms with Crippen molar-refractivity contribution in [1.82, 2.24) is 29.5 Å². The molecule has 0 amide bonds. The Bertz CT molecular complexity index is 956. The van der Waals surface area contributed by atoms with Gasteiger partial charge in [-0.15, -0.1) is 0 Å². The molecule has 0 bridgehead atoms. The number of benzene rings is 1. The second-order valence-electron chi connectivity index (χ2n) is 5.25. The van der Waals surface area contributed by atoms with Crippen molar-refractivity contribution in [2.45, 2.75) is 0 Å². The van der Waals surface area contributed by atoms with Crippen LogP contribution in [0, 0.1) is 0 Å². The van der Waals surface area contributed by atoms with Crippen molar-refractivity contribution in [2.24, 2.45) is 7.05 Å². The zero-order valence-corrected chi connectivity index (χ0v) is 13.0.